The number of aryl methyl sites for hydroxylation is 1. The predicted octanol–water partition coefficient (Wildman–Crippen LogP) is 2.27. The molecule has 0 radical (unpaired) electrons. The van der Waals surface area contributed by atoms with E-state index in [1.807, 2.05) is 32.0 Å². The average molecular weight is 273 g/mol. The fourth-order valence-electron chi connectivity index (χ4n) is 2.67. The molecule has 1 amide bonds. The molecule has 1 N–H and O–H groups in total. The molecule has 0 unspecified atom stereocenters. The minimum Gasteiger partial charge on any atom is -0.464 e. The van der Waals surface area contributed by atoms with Crippen molar-refractivity contribution in [1.29, 1.82) is 0 Å². The summed E-state index contributed by atoms with van der Waals surface area (Å²) in [5.74, 6) is 0.0476. The Kier molecular flexibility index (Phi) is 3.05. The number of aliphatic hydroxyl groups is 1. The van der Waals surface area contributed by atoms with E-state index in [0.29, 0.717) is 25.9 Å². The Morgan fingerprint density at radius 3 is 2.90 bits per heavy atom. The van der Waals surface area contributed by atoms with Crippen LogP contribution in [0.4, 0.5) is 0 Å². The Morgan fingerprint density at radius 1 is 1.45 bits per heavy atom. The summed E-state index contributed by atoms with van der Waals surface area (Å²) in [6, 6.07) is 5.99. The fraction of sp³-hybridized carbons (Fsp3) is 0.438. The maximum atomic E-state index is 12.2. The number of benzene rings is 1. The van der Waals surface area contributed by atoms with E-state index < -0.39 is 5.60 Å². The maximum Gasteiger partial charge on any atom is 0.227 e. The molecule has 2 heterocycles. The maximum absolute atomic E-state index is 12.2. The number of hydrogen-bond donors (Lipinski definition) is 1. The van der Waals surface area contributed by atoms with Gasteiger partial charge in [-0.05, 0) is 25.0 Å². The Hall–Kier alpha value is -1.81. The summed E-state index contributed by atoms with van der Waals surface area (Å²) in [5, 5.41) is 10.9. The summed E-state index contributed by atoms with van der Waals surface area (Å²) >= 11 is 0. The number of hydrogen-bond acceptors (Lipinski definition) is 3. The molecule has 1 fully saturated rings. The topological polar surface area (TPSA) is 53.7 Å². The van der Waals surface area contributed by atoms with Crippen molar-refractivity contribution < 1.29 is 14.3 Å². The monoisotopic (exact) mass is 273 g/mol. The van der Waals surface area contributed by atoms with E-state index in [1.165, 1.54) is 0 Å². The number of β-amino-alcohol motifs (C(OH)–C–C–N with tert-alkyl or cyclic N) is 1. The van der Waals surface area contributed by atoms with Crippen LogP contribution in [0, 0.1) is 6.92 Å². The van der Waals surface area contributed by atoms with Gasteiger partial charge in [0.15, 0.2) is 0 Å². The molecule has 0 atom stereocenters. The largest absolute Gasteiger partial charge is 0.464 e. The van der Waals surface area contributed by atoms with E-state index in [0.717, 1.165) is 22.1 Å². The molecule has 3 rings (SSSR count). The number of amides is 1. The van der Waals surface area contributed by atoms with Gasteiger partial charge in [-0.2, -0.15) is 0 Å². The van der Waals surface area contributed by atoms with Crippen LogP contribution in [-0.4, -0.2) is 34.6 Å². The van der Waals surface area contributed by atoms with Crippen molar-refractivity contribution in [2.75, 3.05) is 13.1 Å². The van der Waals surface area contributed by atoms with Gasteiger partial charge in [-0.3, -0.25) is 4.79 Å². The van der Waals surface area contributed by atoms with Gasteiger partial charge in [0.25, 0.3) is 0 Å². The molecule has 1 aliphatic heterocycles. The molecule has 1 saturated heterocycles. The molecule has 1 aromatic heterocycles. The molecule has 0 saturated carbocycles. The summed E-state index contributed by atoms with van der Waals surface area (Å²) in [4.78, 5) is 13.9. The van der Waals surface area contributed by atoms with E-state index >= 15 is 0 Å². The lowest BCUT2D eigenvalue weighted by Gasteiger charge is -2.46. The zero-order valence-corrected chi connectivity index (χ0v) is 11.8. The second-order valence-corrected chi connectivity index (χ2v) is 5.77. The zero-order valence-electron chi connectivity index (χ0n) is 11.8. The number of carbonyl (C=O) groups excluding carboxylic acids is 1. The molecule has 0 aliphatic carbocycles. The van der Waals surface area contributed by atoms with Gasteiger partial charge in [0.2, 0.25) is 5.91 Å². The lowest BCUT2D eigenvalue weighted by molar-refractivity contribution is -0.155. The molecule has 0 bridgehead atoms. The van der Waals surface area contributed by atoms with Crippen LogP contribution in [0.15, 0.2) is 28.9 Å². The number of fused-ring (bicyclic) bond motifs is 1. The molecule has 4 nitrogen and oxygen atoms in total. The van der Waals surface area contributed by atoms with Gasteiger partial charge >= 0.3 is 0 Å². The fourth-order valence-corrected chi connectivity index (χ4v) is 2.67. The van der Waals surface area contributed by atoms with Gasteiger partial charge in [0.05, 0.1) is 31.4 Å². The summed E-state index contributed by atoms with van der Waals surface area (Å²) in [6.07, 6.45) is 2.67. The van der Waals surface area contributed by atoms with E-state index in [1.54, 1.807) is 11.2 Å². The highest BCUT2D eigenvalue weighted by atomic mass is 16.3. The molecule has 106 valence electrons. The van der Waals surface area contributed by atoms with Crippen LogP contribution in [-0.2, 0) is 11.2 Å². The highest BCUT2D eigenvalue weighted by Gasteiger charge is 2.41. The van der Waals surface area contributed by atoms with Gasteiger partial charge in [-0.1, -0.05) is 19.1 Å². The molecule has 20 heavy (non-hydrogen) atoms. The minimum atomic E-state index is -0.675. The van der Waals surface area contributed by atoms with Crippen LogP contribution >= 0.6 is 0 Å². The first-order valence-electron chi connectivity index (χ1n) is 6.98. The van der Waals surface area contributed by atoms with E-state index in [9.17, 15) is 9.90 Å². The SMILES string of the molecule is CCC1(O)CN(C(=O)Cc2coc3cc(C)ccc23)C1. The molecule has 1 aliphatic rings. The Balaban J connectivity index is 1.73. The normalized spacial score (nSPS) is 17.2. The van der Waals surface area contributed by atoms with Gasteiger partial charge < -0.3 is 14.4 Å². The van der Waals surface area contributed by atoms with E-state index in [4.69, 9.17) is 4.42 Å². The second-order valence-electron chi connectivity index (χ2n) is 5.77. The van der Waals surface area contributed by atoms with E-state index in [2.05, 4.69) is 0 Å². The zero-order chi connectivity index (χ0) is 14.3. The first kappa shape index (κ1) is 13.2. The highest BCUT2D eigenvalue weighted by Crippen LogP contribution is 2.27. The molecule has 1 aromatic carbocycles. The molecule has 0 spiro atoms. The van der Waals surface area contributed by atoms with Crippen LogP contribution in [0.2, 0.25) is 0 Å². The van der Waals surface area contributed by atoms with Crippen molar-refractivity contribution in [3.8, 4) is 0 Å². The number of rotatable bonds is 3. The summed E-state index contributed by atoms with van der Waals surface area (Å²) in [5.41, 5.74) is 2.20. The second kappa shape index (κ2) is 4.63. The van der Waals surface area contributed by atoms with Crippen molar-refractivity contribution >= 4 is 16.9 Å². The average Bonchev–Trinajstić information content (AvgIpc) is 2.77. The quantitative estimate of drug-likeness (QED) is 0.933. The lowest BCUT2D eigenvalue weighted by atomic mass is 9.91. The minimum absolute atomic E-state index is 0.0476. The first-order valence-corrected chi connectivity index (χ1v) is 6.98. The molecular weight excluding hydrogens is 254 g/mol. The van der Waals surface area contributed by atoms with Gasteiger partial charge in [0, 0.05) is 10.9 Å². The van der Waals surface area contributed by atoms with Crippen LogP contribution in [0.5, 0.6) is 0 Å². The summed E-state index contributed by atoms with van der Waals surface area (Å²) in [6.45, 7) is 4.83. The third-order valence-corrected chi connectivity index (χ3v) is 4.13. The van der Waals surface area contributed by atoms with Crippen LogP contribution < -0.4 is 0 Å². The van der Waals surface area contributed by atoms with E-state index in [-0.39, 0.29) is 5.91 Å². The molecular formula is C16H19NO3. The Labute approximate surface area is 118 Å². The van der Waals surface area contributed by atoms with Crippen LogP contribution in [0.25, 0.3) is 11.0 Å². The standard InChI is InChI=1S/C16H19NO3/c1-3-16(19)9-17(10-16)15(18)7-12-8-20-14-6-11(2)4-5-13(12)14/h4-6,8,19H,3,7,9-10H2,1-2H3. The third-order valence-electron chi connectivity index (χ3n) is 4.13. The van der Waals surface area contributed by atoms with Gasteiger partial charge in [-0.15, -0.1) is 0 Å². The highest BCUT2D eigenvalue weighted by molar-refractivity contribution is 5.88. The number of likely N-dealkylation sites (tertiary alicyclic amines) is 1. The summed E-state index contributed by atoms with van der Waals surface area (Å²) < 4.78 is 5.50. The van der Waals surface area contributed by atoms with Crippen LogP contribution in [0.3, 0.4) is 0 Å². The van der Waals surface area contributed by atoms with Gasteiger partial charge in [0.1, 0.15) is 5.58 Å². The number of nitrogens with zero attached hydrogens (tertiary/aromatic N) is 1. The Bertz CT molecular complexity index is 653. The smallest absolute Gasteiger partial charge is 0.227 e. The number of carbonyl (C=O) groups is 1. The van der Waals surface area contributed by atoms with Crippen molar-refractivity contribution in [3.63, 3.8) is 0 Å². The molecule has 4 heteroatoms. The van der Waals surface area contributed by atoms with Gasteiger partial charge in [-0.25, -0.2) is 0 Å². The van der Waals surface area contributed by atoms with Crippen molar-refractivity contribution in [1.82, 2.24) is 4.90 Å². The predicted molar refractivity (Wildman–Crippen MR) is 76.5 cm³/mol. The first-order chi connectivity index (χ1) is 9.50. The summed E-state index contributed by atoms with van der Waals surface area (Å²) in [7, 11) is 0. The van der Waals surface area contributed by atoms with Crippen LogP contribution in [0.1, 0.15) is 24.5 Å². The van der Waals surface area contributed by atoms with Crippen molar-refractivity contribution in [2.24, 2.45) is 0 Å². The Morgan fingerprint density at radius 2 is 2.20 bits per heavy atom. The number of furan rings is 1. The molecule has 2 aromatic rings. The van der Waals surface area contributed by atoms with Crippen molar-refractivity contribution in [3.05, 3.63) is 35.6 Å². The lowest BCUT2D eigenvalue weighted by Crippen LogP contribution is -2.63. The third kappa shape index (κ3) is 2.20. The van der Waals surface area contributed by atoms with Crippen molar-refractivity contribution in [2.45, 2.75) is 32.3 Å².